The normalized spacial score (nSPS) is 14.8. The van der Waals surface area contributed by atoms with Gasteiger partial charge in [-0.2, -0.15) is 52.7 Å². The highest BCUT2D eigenvalue weighted by Crippen LogP contribution is 2.39. The average molecular weight is 815 g/mol. The number of alkyl halides is 12. The van der Waals surface area contributed by atoms with Crippen LogP contribution in [0, 0.1) is 5.41 Å². The van der Waals surface area contributed by atoms with Gasteiger partial charge >= 0.3 is 42.7 Å². The van der Waals surface area contributed by atoms with Crippen LogP contribution in [0.5, 0.6) is 0 Å². The molecule has 2 aromatic carbocycles. The lowest BCUT2D eigenvalue weighted by molar-refractivity contribution is -0.193. The van der Waals surface area contributed by atoms with E-state index < -0.39 is 71.0 Å². The third-order valence-corrected chi connectivity index (χ3v) is 7.50. The summed E-state index contributed by atoms with van der Waals surface area (Å²) in [6, 6.07) is 7.04. The summed E-state index contributed by atoms with van der Waals surface area (Å²) in [5.74, 6) is -7.24. The second-order valence-corrected chi connectivity index (χ2v) is 11.6. The van der Waals surface area contributed by atoms with Gasteiger partial charge in [-0.3, -0.25) is 19.4 Å². The maximum atomic E-state index is 14.0. The Labute approximate surface area is 303 Å². The van der Waals surface area contributed by atoms with Crippen molar-refractivity contribution in [1.82, 2.24) is 9.80 Å². The fourth-order valence-electron chi connectivity index (χ4n) is 4.84. The lowest BCUT2D eigenvalue weighted by Crippen LogP contribution is -2.66. The Kier molecular flexibility index (Phi) is 17.1. The number of benzene rings is 2. The van der Waals surface area contributed by atoms with E-state index in [2.05, 4.69) is 0 Å². The summed E-state index contributed by atoms with van der Waals surface area (Å²) in [4.78, 5) is 61.1. The molecule has 1 aliphatic rings. The number of nitrogens with two attached hydrogens (primary N) is 2. The van der Waals surface area contributed by atoms with E-state index in [1.807, 2.05) is 0 Å². The van der Waals surface area contributed by atoms with Crippen molar-refractivity contribution < 1.29 is 86.9 Å². The molecule has 0 spiro atoms. The van der Waals surface area contributed by atoms with Crippen molar-refractivity contribution in [2.24, 2.45) is 16.9 Å². The summed E-state index contributed by atoms with van der Waals surface area (Å²) in [5.41, 5.74) is 7.69. The molecule has 0 atom stereocenters. The molecule has 1 fully saturated rings. The molecule has 6 N–H and O–H groups in total. The summed E-state index contributed by atoms with van der Waals surface area (Å²) in [5, 5.41) is 14.2. The molecule has 55 heavy (non-hydrogen) atoms. The Hall–Kier alpha value is -4.93. The topological polar surface area (TPSA) is 184 Å². The maximum Gasteiger partial charge on any atom is 0.490 e. The minimum absolute atomic E-state index is 0.0582. The second-order valence-electron chi connectivity index (χ2n) is 11.6. The van der Waals surface area contributed by atoms with Crippen molar-refractivity contribution >= 4 is 29.8 Å². The van der Waals surface area contributed by atoms with Crippen LogP contribution in [0.2, 0.25) is 0 Å². The Morgan fingerprint density at radius 2 is 0.818 bits per heavy atom. The van der Waals surface area contributed by atoms with Crippen LogP contribution < -0.4 is 11.5 Å². The fourth-order valence-corrected chi connectivity index (χ4v) is 4.84. The molecule has 1 saturated heterocycles. The summed E-state index contributed by atoms with van der Waals surface area (Å²) in [7, 11) is 0. The Morgan fingerprint density at radius 3 is 1.04 bits per heavy atom. The quantitative estimate of drug-likeness (QED) is 0.113. The predicted molar refractivity (Wildman–Crippen MR) is 166 cm³/mol. The average Bonchev–Trinajstić information content (AvgIpc) is 3.06. The van der Waals surface area contributed by atoms with Crippen molar-refractivity contribution in [2.45, 2.75) is 63.2 Å². The molecule has 0 aromatic heterocycles. The van der Waals surface area contributed by atoms with E-state index in [0.717, 1.165) is 58.3 Å². The van der Waals surface area contributed by atoms with Crippen molar-refractivity contribution in [1.29, 1.82) is 0 Å². The van der Waals surface area contributed by atoms with Gasteiger partial charge in [0, 0.05) is 13.1 Å². The van der Waals surface area contributed by atoms with E-state index in [4.69, 9.17) is 31.3 Å². The lowest BCUT2D eigenvalue weighted by atomic mass is 9.72. The highest BCUT2D eigenvalue weighted by molar-refractivity contribution is 6.19. The van der Waals surface area contributed by atoms with Crippen molar-refractivity contribution in [3.8, 4) is 0 Å². The Balaban J connectivity index is 0.000000913. The van der Waals surface area contributed by atoms with E-state index in [0.29, 0.717) is 25.7 Å². The third-order valence-electron chi connectivity index (χ3n) is 7.50. The highest BCUT2D eigenvalue weighted by atomic mass is 19.4. The zero-order valence-electron chi connectivity index (χ0n) is 28.2. The number of aliphatic carboxylic acids is 2. The largest absolute Gasteiger partial charge is 0.490 e. The molecule has 1 aliphatic heterocycles. The monoisotopic (exact) mass is 814 g/mol. The number of hydrogen-bond donors (Lipinski definition) is 4. The molecule has 2 aromatic rings. The number of urea groups is 1. The minimum atomic E-state index is -5.08. The number of carbonyl (C=O) groups is 5. The van der Waals surface area contributed by atoms with Crippen molar-refractivity contribution in [3.63, 3.8) is 0 Å². The van der Waals surface area contributed by atoms with Crippen molar-refractivity contribution in [3.05, 3.63) is 70.8 Å². The van der Waals surface area contributed by atoms with Gasteiger partial charge in [0.15, 0.2) is 0 Å². The standard InChI is InChI=1S/C28H32F6N4O3.2C2HF3O2/c29-27(30,31)21-9-5-19(6-10-21)17-26(18-20-7-11-22(12-8-20)28(32,33)34)23(39)37(15-3-1-13-35)25(41)38(24(26)40)16-4-2-14-36;2*3-2(4,5)1(6)7/h5-12H,1-4,13-18,35-36H2;2*(H,6,7). The molecule has 308 valence electrons. The van der Waals surface area contributed by atoms with E-state index >= 15 is 0 Å². The number of halogens is 12. The molecule has 0 unspecified atom stereocenters. The van der Waals surface area contributed by atoms with Gasteiger partial charge in [0.2, 0.25) is 11.8 Å². The van der Waals surface area contributed by atoms with Crippen LogP contribution in [0.25, 0.3) is 0 Å². The molecule has 0 radical (unpaired) electrons. The van der Waals surface area contributed by atoms with Crippen LogP contribution >= 0.6 is 0 Å². The first-order chi connectivity index (χ1) is 25.1. The summed E-state index contributed by atoms with van der Waals surface area (Å²) in [6.45, 7) is 0.462. The van der Waals surface area contributed by atoms with Crippen LogP contribution in [-0.4, -0.2) is 88.3 Å². The number of amides is 4. The molecule has 0 saturated carbocycles. The smallest absolute Gasteiger partial charge is 0.475 e. The molecule has 11 nitrogen and oxygen atoms in total. The first-order valence-electron chi connectivity index (χ1n) is 15.6. The number of barbiturate groups is 1. The SMILES string of the molecule is NCCCCN1C(=O)N(CCCCN)C(=O)C(Cc2ccc(C(F)(F)F)cc2)(Cc2ccc(C(F)(F)F)cc2)C1=O.O=C(O)C(F)(F)F.O=C(O)C(F)(F)F. The van der Waals surface area contributed by atoms with Crippen LogP contribution in [0.1, 0.15) is 47.9 Å². The summed E-state index contributed by atoms with van der Waals surface area (Å²) >= 11 is 0. The predicted octanol–water partition coefficient (Wildman–Crippen LogP) is 6.03. The van der Waals surface area contributed by atoms with E-state index in [9.17, 15) is 67.1 Å². The number of unbranched alkanes of at least 4 members (excludes halogenated alkanes) is 2. The Bertz CT molecular complexity index is 1490. The van der Waals surface area contributed by atoms with Crippen LogP contribution in [0.3, 0.4) is 0 Å². The molecule has 23 heteroatoms. The molecular weight excluding hydrogens is 780 g/mol. The van der Waals surface area contributed by atoms with Crippen LogP contribution in [0.15, 0.2) is 48.5 Å². The molecular formula is C32H34F12N4O7. The second kappa shape index (κ2) is 19.6. The minimum Gasteiger partial charge on any atom is -0.475 e. The number of rotatable bonds is 12. The fraction of sp³-hybridized carbons (Fsp3) is 0.469. The number of nitrogens with zero attached hydrogens (tertiary/aromatic N) is 2. The van der Waals surface area contributed by atoms with E-state index in [1.165, 1.54) is 0 Å². The van der Waals surface area contributed by atoms with Gasteiger partial charge in [0.05, 0.1) is 11.1 Å². The summed E-state index contributed by atoms with van der Waals surface area (Å²) in [6.07, 6.45) is -18.5. The highest BCUT2D eigenvalue weighted by Gasteiger charge is 2.57. The maximum absolute atomic E-state index is 14.0. The number of carboxylic acids is 2. The molecule has 3 rings (SSSR count). The van der Waals surface area contributed by atoms with E-state index in [-0.39, 0.29) is 50.1 Å². The van der Waals surface area contributed by atoms with E-state index in [1.54, 1.807) is 0 Å². The molecule has 0 aliphatic carbocycles. The zero-order chi connectivity index (χ0) is 42.6. The van der Waals surface area contributed by atoms with Crippen LogP contribution in [0.4, 0.5) is 57.5 Å². The van der Waals surface area contributed by atoms with Gasteiger partial charge in [-0.25, -0.2) is 14.4 Å². The molecule has 0 bridgehead atoms. The summed E-state index contributed by atoms with van der Waals surface area (Å²) < 4.78 is 142. The van der Waals surface area contributed by atoms with Crippen molar-refractivity contribution in [2.75, 3.05) is 26.2 Å². The van der Waals surface area contributed by atoms with Gasteiger partial charge in [0.1, 0.15) is 5.41 Å². The van der Waals surface area contributed by atoms with Crippen LogP contribution in [-0.2, 0) is 44.4 Å². The zero-order valence-corrected chi connectivity index (χ0v) is 28.2. The first-order valence-corrected chi connectivity index (χ1v) is 15.6. The third kappa shape index (κ3) is 14.3. The molecule has 4 amide bonds. The Morgan fingerprint density at radius 1 is 0.545 bits per heavy atom. The molecule has 1 heterocycles. The first kappa shape index (κ1) is 48.1. The van der Waals surface area contributed by atoms with Gasteiger partial charge in [0.25, 0.3) is 0 Å². The van der Waals surface area contributed by atoms with Gasteiger partial charge in [-0.05, 0) is 87.0 Å². The number of hydrogen-bond acceptors (Lipinski definition) is 7. The van der Waals surface area contributed by atoms with Gasteiger partial charge in [-0.1, -0.05) is 24.3 Å². The van der Waals surface area contributed by atoms with Gasteiger partial charge in [-0.15, -0.1) is 0 Å². The number of carbonyl (C=O) groups excluding carboxylic acids is 3. The van der Waals surface area contributed by atoms with Gasteiger partial charge < -0.3 is 21.7 Å². The lowest BCUT2D eigenvalue weighted by Gasteiger charge is -2.44. The number of carboxylic acid groups (broad SMARTS) is 2. The number of imide groups is 2.